The Balaban J connectivity index is 2.70. The highest BCUT2D eigenvalue weighted by molar-refractivity contribution is 9.10. The number of hydrogen-bond donors (Lipinski definition) is 1. The van der Waals surface area contributed by atoms with Crippen molar-refractivity contribution in [2.75, 3.05) is 0 Å². The highest BCUT2D eigenvalue weighted by Crippen LogP contribution is 2.33. The van der Waals surface area contributed by atoms with Crippen LogP contribution < -0.4 is 5.73 Å². The molecule has 0 spiro atoms. The lowest BCUT2D eigenvalue weighted by molar-refractivity contribution is 0.561. The van der Waals surface area contributed by atoms with Gasteiger partial charge < -0.3 is 5.73 Å². The molecule has 0 bridgehead atoms. The quantitative estimate of drug-likeness (QED) is 0.836. The van der Waals surface area contributed by atoms with E-state index in [-0.39, 0.29) is 5.54 Å². The van der Waals surface area contributed by atoms with Crippen molar-refractivity contribution in [1.82, 2.24) is 0 Å². The number of hydrogen-bond acceptors (Lipinski definition) is 2. The fourth-order valence-corrected chi connectivity index (χ4v) is 3.19. The van der Waals surface area contributed by atoms with Crippen molar-refractivity contribution in [2.24, 2.45) is 5.73 Å². The second-order valence-corrected chi connectivity index (χ2v) is 5.84. The van der Waals surface area contributed by atoms with Gasteiger partial charge in [0.15, 0.2) is 0 Å². The Kier molecular flexibility index (Phi) is 2.41. The van der Waals surface area contributed by atoms with E-state index in [1.165, 1.54) is 15.6 Å². The summed E-state index contributed by atoms with van der Waals surface area (Å²) in [6.07, 6.45) is 0. The normalized spacial score (nSPS) is 12.3. The topological polar surface area (TPSA) is 26.0 Å². The van der Waals surface area contributed by atoms with Gasteiger partial charge in [-0.15, -0.1) is 11.3 Å². The van der Waals surface area contributed by atoms with Gasteiger partial charge in [0.1, 0.15) is 0 Å². The monoisotopic (exact) mass is 269 g/mol. The molecule has 74 valence electrons. The van der Waals surface area contributed by atoms with Crippen molar-refractivity contribution in [1.29, 1.82) is 0 Å². The maximum absolute atomic E-state index is 6.10. The first-order chi connectivity index (χ1) is 6.48. The first-order valence-corrected chi connectivity index (χ1v) is 6.12. The predicted octanol–water partition coefficient (Wildman–Crippen LogP) is 3.86. The Bertz CT molecular complexity index is 468. The summed E-state index contributed by atoms with van der Waals surface area (Å²) in [6, 6.07) is 6.32. The highest BCUT2D eigenvalue weighted by atomic mass is 79.9. The van der Waals surface area contributed by atoms with E-state index in [0.717, 1.165) is 4.47 Å². The van der Waals surface area contributed by atoms with E-state index in [1.54, 1.807) is 11.3 Å². The van der Waals surface area contributed by atoms with Gasteiger partial charge in [-0.3, -0.25) is 0 Å². The smallest absolute Gasteiger partial charge is 0.0366 e. The number of halogens is 1. The molecule has 0 atom stereocenters. The predicted molar refractivity (Wildman–Crippen MR) is 66.7 cm³/mol. The van der Waals surface area contributed by atoms with Crippen LogP contribution in [0.3, 0.4) is 0 Å². The first-order valence-electron chi connectivity index (χ1n) is 4.44. The molecule has 0 aliphatic heterocycles. The van der Waals surface area contributed by atoms with Crippen LogP contribution in [0.15, 0.2) is 28.1 Å². The van der Waals surface area contributed by atoms with Crippen molar-refractivity contribution in [3.05, 3.63) is 33.6 Å². The Hall–Kier alpha value is -0.380. The summed E-state index contributed by atoms with van der Waals surface area (Å²) in [5, 5.41) is 3.42. The van der Waals surface area contributed by atoms with Crippen molar-refractivity contribution >= 4 is 37.4 Å². The Morgan fingerprint density at radius 3 is 2.71 bits per heavy atom. The van der Waals surface area contributed by atoms with Gasteiger partial charge in [-0.2, -0.15) is 0 Å². The largest absolute Gasteiger partial charge is 0.322 e. The van der Waals surface area contributed by atoms with E-state index in [2.05, 4.69) is 39.5 Å². The molecule has 0 aliphatic carbocycles. The third kappa shape index (κ3) is 1.72. The molecule has 2 N–H and O–H groups in total. The fraction of sp³-hybridized carbons (Fsp3) is 0.273. The van der Waals surface area contributed by atoms with Crippen molar-refractivity contribution in [3.8, 4) is 0 Å². The van der Waals surface area contributed by atoms with E-state index in [9.17, 15) is 0 Å². The molecule has 0 unspecified atom stereocenters. The number of rotatable bonds is 1. The van der Waals surface area contributed by atoms with Crippen molar-refractivity contribution < 1.29 is 0 Å². The summed E-state index contributed by atoms with van der Waals surface area (Å²) < 4.78 is 2.40. The summed E-state index contributed by atoms with van der Waals surface area (Å²) in [6.45, 7) is 4.08. The van der Waals surface area contributed by atoms with E-state index in [1.807, 2.05) is 13.8 Å². The van der Waals surface area contributed by atoms with Gasteiger partial charge in [0.05, 0.1) is 0 Å². The van der Waals surface area contributed by atoms with Gasteiger partial charge in [0.2, 0.25) is 0 Å². The summed E-state index contributed by atoms with van der Waals surface area (Å²) >= 11 is 5.21. The van der Waals surface area contributed by atoms with Gasteiger partial charge in [0.25, 0.3) is 0 Å². The third-order valence-corrected chi connectivity index (χ3v) is 3.67. The molecule has 0 saturated carbocycles. The Morgan fingerprint density at radius 1 is 1.36 bits per heavy atom. The van der Waals surface area contributed by atoms with Gasteiger partial charge >= 0.3 is 0 Å². The number of nitrogens with two attached hydrogens (primary N) is 1. The summed E-state index contributed by atoms with van der Waals surface area (Å²) in [5.41, 5.74) is 7.07. The van der Waals surface area contributed by atoms with Gasteiger partial charge in [-0.1, -0.05) is 22.0 Å². The molecule has 1 nitrogen and oxygen atoms in total. The summed E-state index contributed by atoms with van der Waals surface area (Å²) in [7, 11) is 0. The maximum Gasteiger partial charge on any atom is 0.0366 e. The van der Waals surface area contributed by atoms with Crippen LogP contribution in [-0.2, 0) is 5.54 Å². The van der Waals surface area contributed by atoms with Gasteiger partial charge in [-0.25, -0.2) is 0 Å². The molecular weight excluding hydrogens is 258 g/mol. The van der Waals surface area contributed by atoms with E-state index >= 15 is 0 Å². The molecule has 0 saturated heterocycles. The SMILES string of the molecule is CC(C)(N)c1csc2cc(Br)ccc12. The van der Waals surface area contributed by atoms with Crippen LogP contribution in [-0.4, -0.2) is 0 Å². The lowest BCUT2D eigenvalue weighted by Gasteiger charge is -2.17. The zero-order valence-corrected chi connectivity index (χ0v) is 10.6. The van der Waals surface area contributed by atoms with Crippen LogP contribution in [0.5, 0.6) is 0 Å². The molecule has 0 radical (unpaired) electrons. The fourth-order valence-electron chi connectivity index (χ4n) is 1.50. The first kappa shape index (κ1) is 10.1. The van der Waals surface area contributed by atoms with Crippen LogP contribution in [0.2, 0.25) is 0 Å². The van der Waals surface area contributed by atoms with Crippen molar-refractivity contribution in [2.45, 2.75) is 19.4 Å². The van der Waals surface area contributed by atoms with Crippen LogP contribution >= 0.6 is 27.3 Å². The van der Waals surface area contributed by atoms with Crippen LogP contribution in [0.1, 0.15) is 19.4 Å². The molecule has 0 fully saturated rings. The molecule has 3 heteroatoms. The molecule has 14 heavy (non-hydrogen) atoms. The minimum absolute atomic E-state index is 0.258. The summed E-state index contributed by atoms with van der Waals surface area (Å²) in [5.74, 6) is 0. The molecule has 0 aliphatic rings. The van der Waals surface area contributed by atoms with Crippen molar-refractivity contribution in [3.63, 3.8) is 0 Å². The molecule has 1 aromatic heterocycles. The zero-order chi connectivity index (χ0) is 10.3. The van der Waals surface area contributed by atoms with E-state index < -0.39 is 0 Å². The average molecular weight is 270 g/mol. The average Bonchev–Trinajstić information content (AvgIpc) is 2.45. The second-order valence-electron chi connectivity index (χ2n) is 4.01. The highest BCUT2D eigenvalue weighted by Gasteiger charge is 2.18. The van der Waals surface area contributed by atoms with Gasteiger partial charge in [0, 0.05) is 14.7 Å². The number of thiophene rings is 1. The Labute approximate surface area is 96.1 Å². The molecule has 1 aromatic carbocycles. The second kappa shape index (κ2) is 3.33. The minimum atomic E-state index is -0.258. The van der Waals surface area contributed by atoms with Gasteiger partial charge in [-0.05, 0) is 42.3 Å². The van der Waals surface area contributed by atoms with E-state index in [4.69, 9.17) is 5.73 Å². The third-order valence-electron chi connectivity index (χ3n) is 2.23. The maximum atomic E-state index is 6.10. The molecular formula is C11H12BrNS. The number of benzene rings is 1. The minimum Gasteiger partial charge on any atom is -0.322 e. The molecule has 2 aromatic rings. The summed E-state index contributed by atoms with van der Waals surface area (Å²) in [4.78, 5) is 0. The Morgan fingerprint density at radius 2 is 2.07 bits per heavy atom. The lowest BCUT2D eigenvalue weighted by Crippen LogP contribution is -2.28. The molecule has 1 heterocycles. The van der Waals surface area contributed by atoms with Crippen LogP contribution in [0.4, 0.5) is 0 Å². The standard InChI is InChI=1S/C11H12BrNS/c1-11(2,13)9-6-14-10-5-7(12)3-4-8(9)10/h3-6H,13H2,1-2H3. The number of fused-ring (bicyclic) bond motifs is 1. The molecule has 2 rings (SSSR count). The van der Waals surface area contributed by atoms with E-state index in [0.29, 0.717) is 0 Å². The zero-order valence-electron chi connectivity index (χ0n) is 8.17. The molecule has 0 amide bonds. The lowest BCUT2D eigenvalue weighted by atomic mass is 9.95. The van der Waals surface area contributed by atoms with Crippen LogP contribution in [0, 0.1) is 0 Å². The van der Waals surface area contributed by atoms with Crippen LogP contribution in [0.25, 0.3) is 10.1 Å².